The molecule has 240 valence electrons. The summed E-state index contributed by atoms with van der Waals surface area (Å²) in [4.78, 5) is 43.1. The zero-order valence-corrected chi connectivity index (χ0v) is 25.4. The van der Waals surface area contributed by atoms with Gasteiger partial charge in [0.2, 0.25) is 0 Å². The molecular weight excluding hydrogens is 608 g/mol. The molecule has 4 aliphatic heterocycles. The number of nitrogens with zero attached hydrogens (tertiary/aromatic N) is 6. The fourth-order valence-corrected chi connectivity index (χ4v) is 8.21. The van der Waals surface area contributed by atoms with Gasteiger partial charge in [-0.25, -0.2) is 13.6 Å². The molecule has 1 unspecified atom stereocenters. The predicted octanol–water partition coefficient (Wildman–Crippen LogP) is 3.99. The first-order chi connectivity index (χ1) is 22.8. The number of rotatable bonds is 5. The van der Waals surface area contributed by atoms with E-state index >= 15 is 4.39 Å². The van der Waals surface area contributed by atoms with Gasteiger partial charge in [-0.3, -0.25) is 25.1 Å². The minimum atomic E-state index is -1.14. The van der Waals surface area contributed by atoms with Crippen molar-refractivity contribution >= 4 is 50.3 Å². The van der Waals surface area contributed by atoms with Crippen molar-refractivity contribution in [1.82, 2.24) is 40.7 Å². The van der Waals surface area contributed by atoms with Gasteiger partial charge in [0.1, 0.15) is 35.3 Å². The zero-order valence-electron chi connectivity index (χ0n) is 25.4. The number of fused-ring (bicyclic) bond motifs is 4. The smallest absolute Gasteiger partial charge is 0.322 e. The largest absolute Gasteiger partial charge is 0.461 e. The number of carbonyl (C=O) groups is 2. The monoisotopic (exact) mass is 639 g/mol. The fraction of sp³-hybridized carbons (Fsp3) is 0.394. The van der Waals surface area contributed by atoms with Gasteiger partial charge in [0.05, 0.1) is 29.2 Å². The van der Waals surface area contributed by atoms with Crippen molar-refractivity contribution in [3.63, 3.8) is 0 Å². The number of aromatic amines is 1. The third kappa shape index (κ3) is 4.34. The van der Waals surface area contributed by atoms with Gasteiger partial charge in [-0.2, -0.15) is 15.1 Å². The number of urea groups is 1. The number of H-pyrrole nitrogens is 1. The molecule has 4 saturated heterocycles. The maximum absolute atomic E-state index is 17.0. The number of hydrogen-bond acceptors (Lipinski definition) is 9. The lowest BCUT2D eigenvalue weighted by atomic mass is 9.89. The molecule has 9 rings (SSSR count). The molecule has 1 spiro atoms. The van der Waals surface area contributed by atoms with E-state index in [9.17, 15) is 14.0 Å². The van der Waals surface area contributed by atoms with Crippen LogP contribution in [0.3, 0.4) is 0 Å². The van der Waals surface area contributed by atoms with Gasteiger partial charge in [-0.05, 0) is 49.1 Å². The van der Waals surface area contributed by atoms with Crippen LogP contribution in [-0.2, 0) is 4.79 Å². The molecular formula is C33H31F2N9O3. The molecule has 4 aliphatic rings. The van der Waals surface area contributed by atoms with Gasteiger partial charge >= 0.3 is 12.0 Å². The Bertz CT molecular complexity index is 2120. The Hall–Kier alpha value is -4.98. The first-order valence-electron chi connectivity index (χ1n) is 15.9. The van der Waals surface area contributed by atoms with Crippen LogP contribution in [0.2, 0.25) is 0 Å². The van der Waals surface area contributed by atoms with Crippen LogP contribution in [0.4, 0.5) is 19.4 Å². The molecule has 3 aromatic heterocycles. The van der Waals surface area contributed by atoms with Crippen molar-refractivity contribution < 1.29 is 23.1 Å². The number of pyridine rings is 1. The second kappa shape index (κ2) is 10.3. The van der Waals surface area contributed by atoms with Crippen LogP contribution in [0.15, 0.2) is 42.7 Å². The third-order valence-electron chi connectivity index (χ3n) is 10.4. The van der Waals surface area contributed by atoms with E-state index in [1.54, 1.807) is 12.4 Å². The number of nitrogens with one attached hydrogen (secondary N) is 3. The number of halogens is 2. The number of benzene rings is 2. The molecule has 4 fully saturated rings. The Labute approximate surface area is 266 Å². The summed E-state index contributed by atoms with van der Waals surface area (Å²) in [5, 5.41) is 15.1. The number of imide groups is 1. The van der Waals surface area contributed by atoms with Crippen molar-refractivity contribution in [2.75, 3.05) is 37.7 Å². The Kier molecular flexibility index (Phi) is 6.17. The average Bonchev–Trinajstić information content (AvgIpc) is 3.82. The van der Waals surface area contributed by atoms with Crippen LogP contribution < -0.4 is 20.3 Å². The van der Waals surface area contributed by atoms with E-state index in [-0.39, 0.29) is 30.4 Å². The number of carbonyl (C=O) groups excluding carboxylic acids is 2. The van der Waals surface area contributed by atoms with Crippen molar-refractivity contribution in [3.8, 4) is 17.3 Å². The Morgan fingerprint density at radius 2 is 1.91 bits per heavy atom. The van der Waals surface area contributed by atoms with Crippen LogP contribution in [-0.4, -0.2) is 92.0 Å². The highest BCUT2D eigenvalue weighted by Crippen LogP contribution is 2.42. The topological polar surface area (TPSA) is 141 Å². The quantitative estimate of drug-likeness (QED) is 0.244. The molecule has 0 saturated carbocycles. The Morgan fingerprint density at radius 3 is 2.79 bits per heavy atom. The molecule has 7 heterocycles. The molecule has 3 N–H and O–H groups in total. The summed E-state index contributed by atoms with van der Waals surface area (Å²) in [5.74, 6) is -0.715. The van der Waals surface area contributed by atoms with Gasteiger partial charge < -0.3 is 15.0 Å². The van der Waals surface area contributed by atoms with Gasteiger partial charge in [0.25, 0.3) is 5.91 Å². The fourth-order valence-electron chi connectivity index (χ4n) is 8.21. The third-order valence-corrected chi connectivity index (χ3v) is 10.4. The minimum absolute atomic E-state index is 0.00896. The average molecular weight is 640 g/mol. The summed E-state index contributed by atoms with van der Waals surface area (Å²) in [6.45, 7) is 1.96. The molecule has 2 aromatic carbocycles. The van der Waals surface area contributed by atoms with E-state index < -0.39 is 35.0 Å². The Morgan fingerprint density at radius 1 is 1.04 bits per heavy atom. The first-order valence-corrected chi connectivity index (χ1v) is 15.9. The van der Waals surface area contributed by atoms with Crippen molar-refractivity contribution in [1.29, 1.82) is 0 Å². The Balaban J connectivity index is 1.20. The van der Waals surface area contributed by atoms with Crippen molar-refractivity contribution in [2.45, 2.75) is 49.4 Å². The number of anilines is 1. The lowest BCUT2D eigenvalue weighted by Crippen LogP contribution is -2.58. The van der Waals surface area contributed by atoms with E-state index in [1.165, 1.54) is 0 Å². The summed E-state index contributed by atoms with van der Waals surface area (Å²) < 4.78 is 37.8. The molecule has 0 radical (unpaired) electrons. The van der Waals surface area contributed by atoms with E-state index in [0.29, 0.717) is 54.5 Å². The highest BCUT2D eigenvalue weighted by molar-refractivity contribution is 6.12. The number of ether oxygens (including phenoxy) is 1. The maximum atomic E-state index is 17.0. The summed E-state index contributed by atoms with van der Waals surface area (Å²) in [6.07, 6.45) is 5.40. The highest BCUT2D eigenvalue weighted by atomic mass is 19.1. The minimum Gasteiger partial charge on any atom is -0.461 e. The van der Waals surface area contributed by atoms with E-state index in [4.69, 9.17) is 9.72 Å². The van der Waals surface area contributed by atoms with Crippen LogP contribution >= 0.6 is 0 Å². The molecule has 0 aliphatic carbocycles. The van der Waals surface area contributed by atoms with E-state index in [1.807, 2.05) is 35.2 Å². The van der Waals surface area contributed by atoms with E-state index in [0.717, 1.165) is 35.7 Å². The van der Waals surface area contributed by atoms with Crippen LogP contribution in [0, 0.1) is 5.82 Å². The predicted molar refractivity (Wildman–Crippen MR) is 169 cm³/mol. The molecule has 5 aromatic rings. The van der Waals surface area contributed by atoms with Gasteiger partial charge in [-0.15, -0.1) is 0 Å². The molecule has 3 amide bonds. The zero-order chi connectivity index (χ0) is 31.9. The summed E-state index contributed by atoms with van der Waals surface area (Å²) >= 11 is 0. The maximum Gasteiger partial charge on any atom is 0.322 e. The molecule has 3 atom stereocenters. The number of piperidine rings is 1. The molecule has 14 heteroatoms. The molecule has 12 nitrogen and oxygen atoms in total. The van der Waals surface area contributed by atoms with Crippen molar-refractivity contribution in [2.24, 2.45) is 0 Å². The molecule has 47 heavy (non-hydrogen) atoms. The summed E-state index contributed by atoms with van der Waals surface area (Å²) in [6, 6.07) is 9.05. The summed E-state index contributed by atoms with van der Waals surface area (Å²) in [7, 11) is 0. The number of hydrogen-bond donors (Lipinski definition) is 3. The second-order valence-electron chi connectivity index (χ2n) is 13.2. The van der Waals surface area contributed by atoms with Crippen LogP contribution in [0.1, 0.15) is 32.1 Å². The van der Waals surface area contributed by atoms with Gasteiger partial charge in [0.15, 0.2) is 5.82 Å². The molecule has 0 bridgehead atoms. The lowest BCUT2D eigenvalue weighted by Gasteiger charge is -2.39. The van der Waals surface area contributed by atoms with Gasteiger partial charge in [-0.1, -0.05) is 24.3 Å². The van der Waals surface area contributed by atoms with E-state index in [2.05, 4.69) is 35.7 Å². The van der Waals surface area contributed by atoms with Gasteiger partial charge in [0, 0.05) is 36.7 Å². The van der Waals surface area contributed by atoms with Crippen molar-refractivity contribution in [3.05, 3.63) is 48.5 Å². The normalized spacial score (nSPS) is 26.1. The number of amides is 3. The lowest BCUT2D eigenvalue weighted by molar-refractivity contribution is -0.124. The number of alkyl halides is 1. The standard InChI is InChI=1S/C33H31F2N9O3/c34-19-12-32(7-3-10-44(32)15-19)17-47-31-38-26-22(28(39-31)43-9-4-8-33(16-43)29(45)40-30(46)41-33)13-36-27(25(26)35)24-20-6-2-1-5-18(20)11-23-21(24)14-37-42-23/h1-2,5-6,11,13-14,19H,3-4,7-10,12,15-17H2,(H,37,42)(H2,40,41,45,46)/t19-,32+,33?/m1/s1. The SMILES string of the molecule is O=C1NC(=O)C2(CCCN(c3nc(OC[C@@]45CCCN4C[C@H](F)C5)nc4c(F)c(-c5c6ccccc6cc6[nH]ncc56)ncc34)C2)N1. The number of aromatic nitrogens is 5. The first kappa shape index (κ1) is 28.3. The highest BCUT2D eigenvalue weighted by Gasteiger charge is 2.50. The summed E-state index contributed by atoms with van der Waals surface area (Å²) in [5.41, 5.74) is -0.168. The van der Waals surface area contributed by atoms with Crippen LogP contribution in [0.25, 0.3) is 43.8 Å². The van der Waals surface area contributed by atoms with Crippen LogP contribution in [0.5, 0.6) is 6.01 Å². The second-order valence-corrected chi connectivity index (χ2v) is 13.2.